The van der Waals surface area contributed by atoms with Gasteiger partial charge in [-0.3, -0.25) is 9.80 Å². The van der Waals surface area contributed by atoms with Crippen LogP contribution in [0.4, 0.5) is 0 Å². The summed E-state index contributed by atoms with van der Waals surface area (Å²) in [6, 6.07) is 0. The Kier molecular flexibility index (Phi) is 15.0. The largest absolute Gasteiger partial charge is 0.549 e. The molecule has 5 saturated heterocycles. The molecule has 8 unspecified atom stereocenters. The topological polar surface area (TPSA) is 155 Å². The molecule has 0 N–H and O–H groups in total. The normalized spacial score (nSPS) is 36.5. The predicted octanol–water partition coefficient (Wildman–Crippen LogP) is 0.751. The molecule has 0 saturated carbocycles. The summed E-state index contributed by atoms with van der Waals surface area (Å²) in [6.07, 6.45) is 7.10. The molecule has 8 atom stereocenters. The van der Waals surface area contributed by atoms with E-state index in [4.69, 9.17) is 0 Å². The van der Waals surface area contributed by atoms with Gasteiger partial charge in [-0.2, -0.15) is 0 Å². The minimum absolute atomic E-state index is 0.0273. The van der Waals surface area contributed by atoms with Crippen LogP contribution in [0.25, 0.3) is 0 Å². The smallest absolute Gasteiger partial charge is 0.150 e. The number of nitrogens with zero attached hydrogens (tertiary/aromatic N) is 4. The average Bonchev–Trinajstić information content (AvgIpc) is 3.83. The highest BCUT2D eigenvalue weighted by atomic mass is 32.2. The van der Waals surface area contributed by atoms with Crippen LogP contribution in [0.1, 0.15) is 79.1 Å². The Hall–Kier alpha value is -1.32. The SMILES string of the molecule is CCCC1CN(CC(=O)[O-])CC1CCS(=O)(=O)CC1C[N+]2(CC[N+]3(CC2)CC(CC)C(CC)C3)CC1CCC1CN(CC(=O)[O-])CC1CS(=O)(=O)CCC. The fourth-order valence-electron chi connectivity index (χ4n) is 12.1. The molecule has 5 fully saturated rings. The number of quaternary nitrogens is 2. The molecule has 54 heavy (non-hydrogen) atoms. The number of aliphatic carboxylic acids is 2. The zero-order chi connectivity index (χ0) is 39.3. The van der Waals surface area contributed by atoms with E-state index in [1.807, 2.05) is 16.7 Å². The van der Waals surface area contributed by atoms with Crippen LogP contribution in [-0.4, -0.2) is 162 Å². The number of hydrogen-bond donors (Lipinski definition) is 0. The summed E-state index contributed by atoms with van der Waals surface area (Å²) in [6.45, 7) is 19.4. The van der Waals surface area contributed by atoms with Crippen LogP contribution in [-0.2, 0) is 29.3 Å². The molecular weight excluding hydrogens is 729 g/mol. The van der Waals surface area contributed by atoms with Crippen molar-refractivity contribution in [3.8, 4) is 0 Å². The molecule has 5 aliphatic rings. The highest BCUT2D eigenvalue weighted by molar-refractivity contribution is 7.91. The van der Waals surface area contributed by atoms with E-state index < -0.39 is 31.6 Å². The minimum Gasteiger partial charge on any atom is -0.549 e. The van der Waals surface area contributed by atoms with Gasteiger partial charge < -0.3 is 28.8 Å². The summed E-state index contributed by atoms with van der Waals surface area (Å²) < 4.78 is 56.2. The van der Waals surface area contributed by atoms with E-state index in [1.165, 1.54) is 30.4 Å². The molecule has 14 heteroatoms. The fraction of sp³-hybridized carbons (Fsp3) is 0.950. The molecule has 0 aliphatic carbocycles. The molecule has 0 aromatic heterocycles. The van der Waals surface area contributed by atoms with Crippen LogP contribution < -0.4 is 10.2 Å². The second-order valence-electron chi connectivity index (χ2n) is 18.7. The summed E-state index contributed by atoms with van der Waals surface area (Å²) in [5.41, 5.74) is 0. The molecule has 0 radical (unpaired) electrons. The maximum Gasteiger partial charge on any atom is 0.150 e. The lowest BCUT2D eigenvalue weighted by Crippen LogP contribution is -2.65. The van der Waals surface area contributed by atoms with Gasteiger partial charge >= 0.3 is 0 Å². The molecule has 12 nitrogen and oxygen atoms in total. The van der Waals surface area contributed by atoms with Gasteiger partial charge in [0.1, 0.15) is 26.2 Å². The van der Waals surface area contributed by atoms with E-state index >= 15 is 0 Å². The summed E-state index contributed by atoms with van der Waals surface area (Å²) in [7, 11) is -6.64. The summed E-state index contributed by atoms with van der Waals surface area (Å²) in [5, 5.41) is 22.8. The van der Waals surface area contributed by atoms with Crippen molar-refractivity contribution in [3.05, 3.63) is 0 Å². The van der Waals surface area contributed by atoms with Crippen molar-refractivity contribution in [2.75, 3.05) is 115 Å². The Bertz CT molecular complexity index is 1470. The van der Waals surface area contributed by atoms with Crippen LogP contribution in [0.2, 0.25) is 0 Å². The third kappa shape index (κ3) is 11.4. The van der Waals surface area contributed by atoms with Gasteiger partial charge in [0.15, 0.2) is 19.7 Å². The second kappa shape index (κ2) is 18.5. The van der Waals surface area contributed by atoms with E-state index in [0.29, 0.717) is 44.9 Å². The highest BCUT2D eigenvalue weighted by Gasteiger charge is 2.54. The van der Waals surface area contributed by atoms with E-state index in [-0.39, 0.29) is 65.7 Å². The van der Waals surface area contributed by atoms with Gasteiger partial charge in [0, 0.05) is 68.7 Å². The number of rotatable bonds is 20. The number of carboxylic acids is 2. The summed E-state index contributed by atoms with van der Waals surface area (Å²) >= 11 is 0. The Balaban J connectivity index is 1.29. The maximum atomic E-state index is 14.0. The van der Waals surface area contributed by atoms with Crippen LogP contribution >= 0.6 is 0 Å². The van der Waals surface area contributed by atoms with Gasteiger partial charge in [0.05, 0.1) is 55.4 Å². The molecule has 312 valence electrons. The van der Waals surface area contributed by atoms with E-state index in [1.54, 1.807) is 0 Å². The van der Waals surface area contributed by atoms with Crippen molar-refractivity contribution in [3.63, 3.8) is 0 Å². The van der Waals surface area contributed by atoms with Crippen molar-refractivity contribution in [2.24, 2.45) is 47.3 Å². The molecular formula is C40H72N4O8S2. The first kappa shape index (κ1) is 43.8. The first-order valence-electron chi connectivity index (χ1n) is 21.5. The standard InChI is InChI=1S/C40H72N4O8S2/c1-5-9-33-19-41(23-39(45)46)21-35(33)12-18-54(51,52)30-38-28-44(15-13-43(14-16-44)25-31(7-3)32(8-4)26-43)27-36(38)11-10-34-20-42(24-40(47)48)22-37(34)29-53(49,50)17-6-2/h31-38H,5-30H2,1-4H3. The number of carboxylic acid groups (broad SMARTS) is 2. The number of carbonyl (C=O) groups is 2. The van der Waals surface area contributed by atoms with Crippen molar-refractivity contribution in [1.82, 2.24) is 9.80 Å². The fourth-order valence-corrected chi connectivity index (χ4v) is 15.8. The van der Waals surface area contributed by atoms with Crippen molar-refractivity contribution < 1.29 is 45.6 Å². The lowest BCUT2D eigenvalue weighted by molar-refractivity contribution is -1.02. The van der Waals surface area contributed by atoms with Gasteiger partial charge in [0.25, 0.3) is 0 Å². The zero-order valence-electron chi connectivity index (χ0n) is 33.9. The van der Waals surface area contributed by atoms with Crippen LogP contribution in [0.3, 0.4) is 0 Å². The molecule has 5 rings (SSSR count). The number of hydrogen-bond acceptors (Lipinski definition) is 10. The number of sulfone groups is 2. The lowest BCUT2D eigenvalue weighted by atomic mass is 9.86. The van der Waals surface area contributed by atoms with Crippen LogP contribution in [0.5, 0.6) is 0 Å². The molecule has 0 amide bonds. The van der Waals surface area contributed by atoms with Crippen molar-refractivity contribution in [1.29, 1.82) is 0 Å². The number of likely N-dealkylation sites (tertiary alicyclic amines) is 2. The first-order chi connectivity index (χ1) is 25.5. The second-order valence-corrected chi connectivity index (χ2v) is 23.2. The predicted molar refractivity (Wildman–Crippen MR) is 207 cm³/mol. The highest BCUT2D eigenvalue weighted by Crippen LogP contribution is 2.42. The number of piperazine rings is 1. The van der Waals surface area contributed by atoms with Gasteiger partial charge in [-0.25, -0.2) is 16.8 Å². The Morgan fingerprint density at radius 1 is 0.519 bits per heavy atom. The molecule has 0 aromatic carbocycles. The third-order valence-corrected chi connectivity index (χ3v) is 18.6. The maximum absolute atomic E-state index is 14.0. The lowest BCUT2D eigenvalue weighted by Gasteiger charge is -2.47. The van der Waals surface area contributed by atoms with Crippen molar-refractivity contribution in [2.45, 2.75) is 79.1 Å². The van der Waals surface area contributed by atoms with E-state index in [0.717, 1.165) is 81.3 Å². The van der Waals surface area contributed by atoms with Gasteiger partial charge in [0.2, 0.25) is 0 Å². The molecule has 2 spiro atoms. The van der Waals surface area contributed by atoms with Crippen LogP contribution in [0, 0.1) is 47.3 Å². The Labute approximate surface area is 327 Å². The minimum atomic E-state index is -3.38. The van der Waals surface area contributed by atoms with E-state index in [9.17, 15) is 36.6 Å². The molecule has 5 heterocycles. The Morgan fingerprint density at radius 3 is 1.41 bits per heavy atom. The zero-order valence-corrected chi connectivity index (χ0v) is 35.5. The molecule has 5 aliphatic heterocycles. The quantitative estimate of drug-likeness (QED) is 0.161. The van der Waals surface area contributed by atoms with Gasteiger partial charge in [-0.15, -0.1) is 0 Å². The average molecular weight is 801 g/mol. The monoisotopic (exact) mass is 800 g/mol. The van der Waals surface area contributed by atoms with Crippen molar-refractivity contribution >= 4 is 31.6 Å². The summed E-state index contributed by atoms with van der Waals surface area (Å²) in [4.78, 5) is 26.6. The summed E-state index contributed by atoms with van der Waals surface area (Å²) in [5.74, 6) is 0.397. The van der Waals surface area contributed by atoms with Gasteiger partial charge in [-0.1, -0.05) is 34.1 Å². The van der Waals surface area contributed by atoms with Crippen LogP contribution in [0.15, 0.2) is 0 Å². The third-order valence-electron chi connectivity index (χ3n) is 14.8. The Morgan fingerprint density at radius 2 is 0.926 bits per heavy atom. The van der Waals surface area contributed by atoms with E-state index in [2.05, 4.69) is 20.8 Å². The number of carbonyl (C=O) groups excluding carboxylic acids is 2. The molecule has 0 bridgehead atoms. The first-order valence-corrected chi connectivity index (χ1v) is 25.1. The van der Waals surface area contributed by atoms with Gasteiger partial charge in [-0.05, 0) is 68.6 Å². The molecule has 0 aromatic rings.